The Morgan fingerprint density at radius 2 is 2.04 bits per heavy atom. The molecule has 3 rings (SSSR count). The molecule has 0 radical (unpaired) electrons. The summed E-state index contributed by atoms with van der Waals surface area (Å²) in [5.41, 5.74) is 1.29. The third-order valence-corrected chi connectivity index (χ3v) is 4.47. The van der Waals surface area contributed by atoms with Crippen molar-refractivity contribution in [2.75, 3.05) is 26.8 Å². The summed E-state index contributed by atoms with van der Waals surface area (Å²) in [6.07, 6.45) is 2.66. The summed E-state index contributed by atoms with van der Waals surface area (Å²) in [5, 5.41) is 0.948. The minimum absolute atomic E-state index is 0.147. The second-order valence-corrected chi connectivity index (χ2v) is 6.06. The van der Waals surface area contributed by atoms with Crippen molar-refractivity contribution < 1.29 is 14.3 Å². The molecule has 0 N–H and O–H groups in total. The Morgan fingerprint density at radius 1 is 1.29 bits per heavy atom. The molecular formula is C16H15Cl2N3O3. The molecule has 0 aliphatic carbocycles. The number of amides is 1. The number of carbonyl (C=O) groups is 1. The summed E-state index contributed by atoms with van der Waals surface area (Å²) in [5.74, 6) is -0.147. The normalized spacial score (nSPS) is 17.6. The van der Waals surface area contributed by atoms with Crippen molar-refractivity contribution in [3.63, 3.8) is 0 Å². The molecule has 2 aromatic rings. The van der Waals surface area contributed by atoms with Gasteiger partial charge in [-0.05, 0) is 17.7 Å². The predicted octanol–water partition coefficient (Wildman–Crippen LogP) is 3.01. The molecule has 1 saturated heterocycles. The van der Waals surface area contributed by atoms with E-state index in [1.807, 2.05) is 6.07 Å². The average molecular weight is 368 g/mol. The van der Waals surface area contributed by atoms with E-state index >= 15 is 0 Å². The van der Waals surface area contributed by atoms with Gasteiger partial charge in [0.1, 0.15) is 6.10 Å². The Morgan fingerprint density at radius 3 is 2.71 bits per heavy atom. The highest BCUT2D eigenvalue weighted by Gasteiger charge is 2.27. The molecule has 0 unspecified atom stereocenters. The van der Waals surface area contributed by atoms with Gasteiger partial charge in [-0.15, -0.1) is 0 Å². The SMILES string of the molecule is COc1ncc(C(=O)N2CCO[C@H](c3ccc(Cl)c(Cl)c3)C2)cn1. The second kappa shape index (κ2) is 7.34. The fraction of sp³-hybridized carbons (Fsp3) is 0.312. The lowest BCUT2D eigenvalue weighted by Crippen LogP contribution is -2.42. The van der Waals surface area contributed by atoms with Crippen LogP contribution in [0.4, 0.5) is 0 Å². The van der Waals surface area contributed by atoms with Crippen LogP contribution in [0.15, 0.2) is 30.6 Å². The van der Waals surface area contributed by atoms with E-state index in [0.29, 0.717) is 35.3 Å². The van der Waals surface area contributed by atoms with Crippen molar-refractivity contribution in [2.45, 2.75) is 6.10 Å². The molecular weight excluding hydrogens is 353 g/mol. The van der Waals surface area contributed by atoms with Crippen LogP contribution in [0.1, 0.15) is 22.0 Å². The lowest BCUT2D eigenvalue weighted by molar-refractivity contribution is -0.0228. The first-order valence-electron chi connectivity index (χ1n) is 7.30. The topological polar surface area (TPSA) is 64.5 Å². The lowest BCUT2D eigenvalue weighted by atomic mass is 10.1. The van der Waals surface area contributed by atoms with Crippen molar-refractivity contribution in [1.82, 2.24) is 14.9 Å². The summed E-state index contributed by atoms with van der Waals surface area (Å²) in [4.78, 5) is 22.2. The maximum atomic E-state index is 12.6. The molecule has 0 saturated carbocycles. The zero-order valence-corrected chi connectivity index (χ0v) is 14.4. The quantitative estimate of drug-likeness (QED) is 0.834. The van der Waals surface area contributed by atoms with Gasteiger partial charge in [-0.3, -0.25) is 4.79 Å². The number of aromatic nitrogens is 2. The number of nitrogens with zero attached hydrogens (tertiary/aromatic N) is 3. The van der Waals surface area contributed by atoms with Crippen LogP contribution < -0.4 is 4.74 Å². The molecule has 1 aliphatic heterocycles. The number of benzene rings is 1. The van der Waals surface area contributed by atoms with Crippen molar-refractivity contribution in [3.8, 4) is 6.01 Å². The Hall–Kier alpha value is -1.89. The van der Waals surface area contributed by atoms with Gasteiger partial charge < -0.3 is 14.4 Å². The van der Waals surface area contributed by atoms with E-state index in [1.165, 1.54) is 19.5 Å². The van der Waals surface area contributed by atoms with E-state index in [9.17, 15) is 4.79 Å². The molecule has 0 spiro atoms. The van der Waals surface area contributed by atoms with Crippen LogP contribution in [-0.2, 0) is 4.74 Å². The highest BCUT2D eigenvalue weighted by Crippen LogP contribution is 2.29. The number of ether oxygens (including phenoxy) is 2. The van der Waals surface area contributed by atoms with Crippen molar-refractivity contribution in [1.29, 1.82) is 0 Å². The van der Waals surface area contributed by atoms with E-state index in [1.54, 1.807) is 17.0 Å². The Labute approximate surface area is 149 Å². The fourth-order valence-corrected chi connectivity index (χ4v) is 2.77. The van der Waals surface area contributed by atoms with Crippen LogP contribution in [0.2, 0.25) is 10.0 Å². The molecule has 8 heteroatoms. The first-order chi connectivity index (χ1) is 11.6. The number of hydrogen-bond acceptors (Lipinski definition) is 5. The van der Waals surface area contributed by atoms with Crippen LogP contribution in [0, 0.1) is 0 Å². The first-order valence-corrected chi connectivity index (χ1v) is 8.06. The van der Waals surface area contributed by atoms with Crippen LogP contribution in [0.3, 0.4) is 0 Å². The molecule has 1 aromatic heterocycles. The average Bonchev–Trinajstić information content (AvgIpc) is 2.63. The van der Waals surface area contributed by atoms with Crippen LogP contribution >= 0.6 is 23.2 Å². The molecule has 24 heavy (non-hydrogen) atoms. The van der Waals surface area contributed by atoms with Gasteiger partial charge in [-0.2, -0.15) is 0 Å². The fourth-order valence-electron chi connectivity index (χ4n) is 2.46. The molecule has 1 fully saturated rings. The third kappa shape index (κ3) is 3.61. The zero-order chi connectivity index (χ0) is 17.1. The third-order valence-electron chi connectivity index (χ3n) is 3.73. The smallest absolute Gasteiger partial charge is 0.316 e. The highest BCUT2D eigenvalue weighted by molar-refractivity contribution is 6.42. The molecule has 1 aromatic carbocycles. The largest absolute Gasteiger partial charge is 0.467 e. The second-order valence-electron chi connectivity index (χ2n) is 5.24. The van der Waals surface area contributed by atoms with Gasteiger partial charge in [0.15, 0.2) is 0 Å². The Balaban J connectivity index is 1.74. The Bertz CT molecular complexity index is 740. The molecule has 126 valence electrons. The highest BCUT2D eigenvalue weighted by atomic mass is 35.5. The molecule has 2 heterocycles. The maximum absolute atomic E-state index is 12.6. The summed E-state index contributed by atoms with van der Waals surface area (Å²) in [6.45, 7) is 1.36. The zero-order valence-electron chi connectivity index (χ0n) is 12.9. The molecule has 6 nitrogen and oxygen atoms in total. The maximum Gasteiger partial charge on any atom is 0.316 e. The van der Waals surface area contributed by atoms with Crippen molar-refractivity contribution >= 4 is 29.1 Å². The molecule has 1 amide bonds. The van der Waals surface area contributed by atoms with Crippen LogP contribution in [0.25, 0.3) is 0 Å². The van der Waals surface area contributed by atoms with E-state index in [0.717, 1.165) is 5.56 Å². The number of morpholine rings is 1. The molecule has 1 aliphatic rings. The van der Waals surface area contributed by atoms with Gasteiger partial charge >= 0.3 is 6.01 Å². The summed E-state index contributed by atoms with van der Waals surface area (Å²) < 4.78 is 10.7. The van der Waals surface area contributed by atoms with Gasteiger partial charge in [0.2, 0.25) is 0 Å². The monoisotopic (exact) mass is 367 g/mol. The van der Waals surface area contributed by atoms with Crippen LogP contribution in [-0.4, -0.2) is 47.6 Å². The number of carbonyl (C=O) groups excluding carboxylic acids is 1. The summed E-state index contributed by atoms with van der Waals surface area (Å²) in [6, 6.07) is 5.56. The number of methoxy groups -OCH3 is 1. The predicted molar refractivity (Wildman–Crippen MR) is 89.6 cm³/mol. The van der Waals surface area contributed by atoms with Gasteiger partial charge in [0, 0.05) is 18.9 Å². The van der Waals surface area contributed by atoms with Gasteiger partial charge in [-0.25, -0.2) is 9.97 Å². The Kier molecular flexibility index (Phi) is 5.18. The first kappa shape index (κ1) is 17.0. The van der Waals surface area contributed by atoms with E-state index < -0.39 is 0 Å². The van der Waals surface area contributed by atoms with Crippen molar-refractivity contribution in [2.24, 2.45) is 0 Å². The number of hydrogen-bond donors (Lipinski definition) is 0. The lowest BCUT2D eigenvalue weighted by Gasteiger charge is -2.33. The molecule has 0 bridgehead atoms. The summed E-state index contributed by atoms with van der Waals surface area (Å²) >= 11 is 12.0. The number of rotatable bonds is 3. The van der Waals surface area contributed by atoms with Gasteiger partial charge in [0.05, 0.1) is 35.9 Å². The minimum atomic E-state index is -0.253. The molecule has 1 atom stereocenters. The van der Waals surface area contributed by atoms with E-state index in [4.69, 9.17) is 32.7 Å². The van der Waals surface area contributed by atoms with Gasteiger partial charge in [0.25, 0.3) is 5.91 Å². The minimum Gasteiger partial charge on any atom is -0.467 e. The van der Waals surface area contributed by atoms with E-state index in [-0.39, 0.29) is 18.0 Å². The van der Waals surface area contributed by atoms with E-state index in [2.05, 4.69) is 9.97 Å². The summed E-state index contributed by atoms with van der Waals surface area (Å²) in [7, 11) is 1.47. The standard InChI is InChI=1S/C16H15Cl2N3O3/c1-23-16-19-7-11(8-20-16)15(22)21-4-5-24-14(9-21)10-2-3-12(17)13(18)6-10/h2-3,6-8,14H,4-5,9H2,1H3/t14-/m0/s1. The van der Waals surface area contributed by atoms with Crippen molar-refractivity contribution in [3.05, 3.63) is 51.8 Å². The van der Waals surface area contributed by atoms with Crippen LogP contribution in [0.5, 0.6) is 6.01 Å². The van der Waals surface area contributed by atoms with Gasteiger partial charge in [-0.1, -0.05) is 29.3 Å². The number of halogens is 2.